The highest BCUT2D eigenvalue weighted by Gasteiger charge is 2.24. The van der Waals surface area contributed by atoms with E-state index in [-0.39, 0.29) is 6.10 Å². The molecule has 0 bridgehead atoms. The van der Waals surface area contributed by atoms with Gasteiger partial charge in [-0.25, -0.2) is 0 Å². The van der Waals surface area contributed by atoms with Crippen molar-refractivity contribution in [3.8, 4) is 0 Å². The highest BCUT2D eigenvalue weighted by Crippen LogP contribution is 2.43. The Labute approximate surface area is 60.2 Å². The Bertz CT molecular complexity index is 178. The summed E-state index contributed by atoms with van der Waals surface area (Å²) in [6.45, 7) is 4.60. The molecule has 0 aromatic rings. The SMILES string of the molecule is CC(C)O[P@](C)(=O)C(N)=O. The Morgan fingerprint density at radius 1 is 1.60 bits per heavy atom. The van der Waals surface area contributed by atoms with E-state index in [0.717, 1.165) is 0 Å². The number of carbonyl (C=O) groups excluding carboxylic acids is 1. The summed E-state index contributed by atoms with van der Waals surface area (Å²) < 4.78 is 15.8. The average molecular weight is 165 g/mol. The maximum Gasteiger partial charge on any atom is 0.302 e. The van der Waals surface area contributed by atoms with E-state index in [1.807, 2.05) is 0 Å². The van der Waals surface area contributed by atoms with Gasteiger partial charge < -0.3 is 10.3 Å². The molecular weight excluding hydrogens is 153 g/mol. The summed E-state index contributed by atoms with van der Waals surface area (Å²) in [5.41, 5.74) is 3.92. The van der Waals surface area contributed by atoms with Crippen LogP contribution < -0.4 is 5.73 Å². The van der Waals surface area contributed by atoms with E-state index in [1.54, 1.807) is 13.8 Å². The summed E-state index contributed by atoms with van der Waals surface area (Å²) in [6, 6.07) is 0. The summed E-state index contributed by atoms with van der Waals surface area (Å²) in [6.07, 6.45) is -0.233. The maximum absolute atomic E-state index is 11.0. The van der Waals surface area contributed by atoms with E-state index in [2.05, 4.69) is 0 Å². The number of amides is 1. The Morgan fingerprint density at radius 2 is 2.00 bits per heavy atom. The van der Waals surface area contributed by atoms with Crippen molar-refractivity contribution in [1.82, 2.24) is 0 Å². The lowest BCUT2D eigenvalue weighted by atomic mass is 10.5. The minimum Gasteiger partial charge on any atom is -0.361 e. The Morgan fingerprint density at radius 3 is 2.10 bits per heavy atom. The first-order chi connectivity index (χ1) is 4.36. The predicted octanol–water partition coefficient (Wildman–Crippen LogP) is 1.40. The van der Waals surface area contributed by atoms with E-state index in [4.69, 9.17) is 10.3 Å². The van der Waals surface area contributed by atoms with Gasteiger partial charge in [-0.2, -0.15) is 0 Å². The number of rotatable bonds is 3. The Kier molecular flexibility index (Phi) is 3.06. The molecule has 1 atom stereocenters. The normalized spacial score (nSPS) is 16.8. The van der Waals surface area contributed by atoms with Crippen molar-refractivity contribution in [2.24, 2.45) is 5.73 Å². The van der Waals surface area contributed by atoms with Crippen LogP contribution in [-0.2, 0) is 9.09 Å². The zero-order valence-corrected chi connectivity index (χ0v) is 7.22. The maximum atomic E-state index is 11.0. The van der Waals surface area contributed by atoms with E-state index < -0.39 is 13.0 Å². The molecule has 0 aromatic heterocycles. The molecule has 0 heterocycles. The van der Waals surface area contributed by atoms with Crippen LogP contribution in [0.2, 0.25) is 0 Å². The topological polar surface area (TPSA) is 69.4 Å². The third-order valence-corrected chi connectivity index (χ3v) is 2.44. The zero-order chi connectivity index (χ0) is 8.36. The molecule has 0 radical (unpaired) electrons. The highest BCUT2D eigenvalue weighted by molar-refractivity contribution is 7.75. The summed E-state index contributed by atoms with van der Waals surface area (Å²) in [5, 5.41) is 0. The summed E-state index contributed by atoms with van der Waals surface area (Å²) in [7, 11) is -3.18. The zero-order valence-electron chi connectivity index (χ0n) is 6.33. The molecule has 0 aliphatic heterocycles. The van der Waals surface area contributed by atoms with Gasteiger partial charge in [0.2, 0.25) is 0 Å². The molecule has 0 spiro atoms. The van der Waals surface area contributed by atoms with Crippen LogP contribution in [0.3, 0.4) is 0 Å². The lowest BCUT2D eigenvalue weighted by molar-refractivity contribution is 0.233. The molecule has 60 valence electrons. The van der Waals surface area contributed by atoms with Crippen molar-refractivity contribution in [2.45, 2.75) is 20.0 Å². The number of hydrogen-bond acceptors (Lipinski definition) is 3. The molecule has 0 fully saturated rings. The van der Waals surface area contributed by atoms with E-state index in [9.17, 15) is 9.36 Å². The van der Waals surface area contributed by atoms with Crippen molar-refractivity contribution in [3.63, 3.8) is 0 Å². The third-order valence-electron chi connectivity index (χ3n) is 0.812. The highest BCUT2D eigenvalue weighted by atomic mass is 31.2. The molecule has 2 N–H and O–H groups in total. The average Bonchev–Trinajstić information content (AvgIpc) is 1.60. The van der Waals surface area contributed by atoms with E-state index >= 15 is 0 Å². The molecule has 10 heavy (non-hydrogen) atoms. The van der Waals surface area contributed by atoms with Crippen LogP contribution >= 0.6 is 7.37 Å². The standard InChI is InChI=1S/C5H12NO3P/c1-4(2)9-10(3,8)5(6)7/h4H,1-3H3,(H2,6,7)/t10-/m0/s1. The number of hydrogen-bond donors (Lipinski definition) is 1. The lowest BCUT2D eigenvalue weighted by Gasteiger charge is -2.12. The van der Waals surface area contributed by atoms with Gasteiger partial charge in [0.1, 0.15) is 0 Å². The number of primary amides is 1. The van der Waals surface area contributed by atoms with Crippen LogP contribution in [0.25, 0.3) is 0 Å². The number of carbonyl (C=O) groups is 1. The molecule has 0 aromatic carbocycles. The van der Waals surface area contributed by atoms with E-state index in [0.29, 0.717) is 0 Å². The van der Waals surface area contributed by atoms with Crippen molar-refractivity contribution >= 4 is 13.0 Å². The molecule has 4 nitrogen and oxygen atoms in total. The van der Waals surface area contributed by atoms with Crippen molar-refractivity contribution < 1.29 is 13.9 Å². The first-order valence-electron chi connectivity index (χ1n) is 2.92. The largest absolute Gasteiger partial charge is 0.361 e. The molecule has 0 saturated heterocycles. The summed E-state index contributed by atoms with van der Waals surface area (Å²) in [4.78, 5) is 10.4. The van der Waals surface area contributed by atoms with Crippen molar-refractivity contribution in [2.75, 3.05) is 6.66 Å². The fourth-order valence-corrected chi connectivity index (χ4v) is 1.36. The number of nitrogens with two attached hydrogens (primary N) is 1. The van der Waals surface area contributed by atoms with Gasteiger partial charge in [0, 0.05) is 6.66 Å². The predicted molar refractivity (Wildman–Crippen MR) is 39.3 cm³/mol. The van der Waals surface area contributed by atoms with Crippen LogP contribution in [0.5, 0.6) is 0 Å². The van der Waals surface area contributed by atoms with Gasteiger partial charge in [0.25, 0.3) is 7.37 Å². The second kappa shape index (κ2) is 3.17. The molecular formula is C5H12NO3P. The quantitative estimate of drug-likeness (QED) is 0.642. The van der Waals surface area contributed by atoms with Gasteiger partial charge in [-0.3, -0.25) is 9.36 Å². The molecule has 0 saturated carbocycles. The second-order valence-corrected chi connectivity index (χ2v) is 4.68. The van der Waals surface area contributed by atoms with Crippen molar-refractivity contribution in [3.05, 3.63) is 0 Å². The fraction of sp³-hybridized carbons (Fsp3) is 0.800. The molecule has 0 aliphatic carbocycles. The second-order valence-electron chi connectivity index (χ2n) is 2.34. The third kappa shape index (κ3) is 2.99. The minimum absolute atomic E-state index is 0.233. The van der Waals surface area contributed by atoms with Crippen LogP contribution in [0.1, 0.15) is 13.8 Å². The monoisotopic (exact) mass is 165 g/mol. The fourth-order valence-electron chi connectivity index (χ4n) is 0.454. The van der Waals surface area contributed by atoms with Gasteiger partial charge >= 0.3 is 5.65 Å². The van der Waals surface area contributed by atoms with Gasteiger partial charge in [0.05, 0.1) is 6.10 Å². The molecule has 0 unspecified atom stereocenters. The molecule has 0 aliphatic rings. The molecule has 1 amide bonds. The first-order valence-corrected chi connectivity index (χ1v) is 4.99. The van der Waals surface area contributed by atoms with Crippen LogP contribution in [0.15, 0.2) is 0 Å². The Hall–Kier alpha value is -0.340. The minimum atomic E-state index is -3.18. The van der Waals surface area contributed by atoms with Gasteiger partial charge in [-0.15, -0.1) is 0 Å². The summed E-state index contributed by atoms with van der Waals surface area (Å²) >= 11 is 0. The van der Waals surface area contributed by atoms with Crippen LogP contribution in [0, 0.1) is 0 Å². The van der Waals surface area contributed by atoms with Crippen LogP contribution in [0.4, 0.5) is 4.79 Å². The lowest BCUT2D eigenvalue weighted by Crippen LogP contribution is -2.13. The summed E-state index contributed by atoms with van der Waals surface area (Å²) in [5.74, 6) is 0. The molecule has 0 rings (SSSR count). The van der Waals surface area contributed by atoms with Crippen LogP contribution in [-0.4, -0.2) is 18.4 Å². The molecule has 5 heteroatoms. The van der Waals surface area contributed by atoms with Crippen molar-refractivity contribution in [1.29, 1.82) is 0 Å². The van der Waals surface area contributed by atoms with Gasteiger partial charge in [-0.05, 0) is 13.8 Å². The van der Waals surface area contributed by atoms with E-state index in [1.165, 1.54) is 6.66 Å². The Balaban J connectivity index is 4.15. The van der Waals surface area contributed by atoms with Gasteiger partial charge in [-0.1, -0.05) is 0 Å². The first kappa shape index (κ1) is 9.66. The van der Waals surface area contributed by atoms with Gasteiger partial charge in [0.15, 0.2) is 0 Å². The smallest absolute Gasteiger partial charge is 0.302 e.